The number of hydrogen-bond acceptors (Lipinski definition) is 2. The van der Waals surface area contributed by atoms with Gasteiger partial charge in [-0.25, -0.2) is 5.01 Å². The lowest BCUT2D eigenvalue weighted by molar-refractivity contribution is 1.00. The Morgan fingerprint density at radius 2 is 1.75 bits per heavy atom. The third kappa shape index (κ3) is 2.26. The van der Waals surface area contributed by atoms with Gasteiger partial charge in [0.2, 0.25) is 0 Å². The molecule has 0 radical (unpaired) electrons. The van der Waals surface area contributed by atoms with Crippen molar-refractivity contribution in [2.24, 2.45) is 5.29 Å². The van der Waals surface area contributed by atoms with Crippen LogP contribution in [0.2, 0.25) is 0 Å². The summed E-state index contributed by atoms with van der Waals surface area (Å²) in [6, 6.07) is 16.1. The lowest BCUT2D eigenvalue weighted by Gasteiger charge is -2.08. The van der Waals surface area contributed by atoms with Crippen LogP contribution < -0.4 is 5.01 Å². The molecule has 0 N–H and O–H groups in total. The minimum atomic E-state index is 0.782. The fraction of sp³-hybridized carbons (Fsp3) is 0.0588. The molecule has 1 aliphatic rings. The molecule has 0 bridgehead atoms. The maximum Gasteiger partial charge on any atom is 0.0623 e. The van der Waals surface area contributed by atoms with Crippen LogP contribution in [-0.2, 0) is 0 Å². The van der Waals surface area contributed by atoms with Crippen LogP contribution in [-0.4, -0.2) is 7.05 Å². The summed E-state index contributed by atoms with van der Waals surface area (Å²) in [6.07, 6.45) is 6.39. The Morgan fingerprint density at radius 1 is 1.00 bits per heavy atom. The molecular formula is C17H14N2O. The summed E-state index contributed by atoms with van der Waals surface area (Å²) in [5.74, 6) is 0. The van der Waals surface area contributed by atoms with Crippen molar-refractivity contribution >= 4 is 23.4 Å². The van der Waals surface area contributed by atoms with Gasteiger partial charge in [-0.3, -0.25) is 0 Å². The first-order valence-corrected chi connectivity index (χ1v) is 6.44. The molecular weight excluding hydrogens is 248 g/mol. The van der Waals surface area contributed by atoms with Crippen LogP contribution in [0.3, 0.4) is 0 Å². The van der Waals surface area contributed by atoms with Gasteiger partial charge >= 0.3 is 0 Å². The number of fused-ring (bicyclic) bond motifs is 1. The van der Waals surface area contributed by atoms with E-state index in [1.165, 1.54) is 21.7 Å². The lowest BCUT2D eigenvalue weighted by Crippen LogP contribution is -2.06. The first kappa shape index (κ1) is 12.4. The summed E-state index contributed by atoms with van der Waals surface area (Å²) in [5, 5.41) is 4.19. The predicted octanol–water partition coefficient (Wildman–Crippen LogP) is 4.37. The van der Waals surface area contributed by atoms with E-state index >= 15 is 0 Å². The molecule has 0 amide bonds. The molecule has 0 atom stereocenters. The van der Waals surface area contributed by atoms with Gasteiger partial charge < -0.3 is 0 Å². The highest BCUT2D eigenvalue weighted by Crippen LogP contribution is 2.30. The molecule has 3 heteroatoms. The van der Waals surface area contributed by atoms with E-state index < -0.39 is 0 Å². The number of rotatable bonds is 3. The van der Waals surface area contributed by atoms with Crippen molar-refractivity contribution in [1.82, 2.24) is 0 Å². The van der Waals surface area contributed by atoms with Crippen LogP contribution >= 0.6 is 0 Å². The summed E-state index contributed by atoms with van der Waals surface area (Å²) < 4.78 is 0. The quantitative estimate of drug-likeness (QED) is 0.607. The molecule has 98 valence electrons. The number of benzene rings is 2. The normalized spacial score (nSPS) is 14.3. The maximum atomic E-state index is 10.5. The van der Waals surface area contributed by atoms with Gasteiger partial charge in [-0.15, -0.1) is 4.91 Å². The Morgan fingerprint density at radius 3 is 2.50 bits per heavy atom. The van der Waals surface area contributed by atoms with Crippen LogP contribution in [0, 0.1) is 4.91 Å². The first-order valence-electron chi connectivity index (χ1n) is 6.44. The molecule has 0 heterocycles. The third-order valence-electron chi connectivity index (χ3n) is 3.43. The zero-order valence-corrected chi connectivity index (χ0v) is 11.2. The van der Waals surface area contributed by atoms with E-state index in [4.69, 9.17) is 0 Å². The first-order chi connectivity index (χ1) is 9.78. The highest BCUT2D eigenvalue weighted by Gasteiger charge is 2.09. The van der Waals surface area contributed by atoms with Crippen LogP contribution in [0.15, 0.2) is 59.9 Å². The minimum absolute atomic E-state index is 0.782. The van der Waals surface area contributed by atoms with Gasteiger partial charge in [-0.1, -0.05) is 48.6 Å². The van der Waals surface area contributed by atoms with E-state index in [-0.39, 0.29) is 0 Å². The van der Waals surface area contributed by atoms with Crippen molar-refractivity contribution in [2.45, 2.75) is 0 Å². The topological polar surface area (TPSA) is 32.7 Å². The molecule has 3 nitrogen and oxygen atoms in total. The average Bonchev–Trinajstić information content (AvgIpc) is 2.91. The van der Waals surface area contributed by atoms with Gasteiger partial charge in [0.25, 0.3) is 0 Å². The monoisotopic (exact) mass is 262 g/mol. The fourth-order valence-corrected chi connectivity index (χ4v) is 2.31. The number of hydrogen-bond donors (Lipinski definition) is 0. The van der Waals surface area contributed by atoms with Crippen molar-refractivity contribution in [3.63, 3.8) is 0 Å². The molecule has 3 rings (SSSR count). The van der Waals surface area contributed by atoms with E-state index in [9.17, 15) is 4.91 Å². The van der Waals surface area contributed by atoms with Gasteiger partial charge in [0.05, 0.1) is 11.0 Å². The van der Waals surface area contributed by atoms with E-state index in [0.29, 0.717) is 0 Å². The van der Waals surface area contributed by atoms with Gasteiger partial charge in [-0.2, -0.15) is 0 Å². The standard InChI is InChI=1S/C17H14N2O/c1-19(18-20)16-10-6-13(7-11-16)12-15-9-8-14-4-2-3-5-17(14)15/h2-12H,1H3/b15-12-. The van der Waals surface area contributed by atoms with Crippen LogP contribution in [0.4, 0.5) is 5.69 Å². The third-order valence-corrected chi connectivity index (χ3v) is 3.43. The molecule has 0 saturated heterocycles. The van der Waals surface area contributed by atoms with E-state index in [2.05, 4.69) is 35.6 Å². The smallest absolute Gasteiger partial charge is 0.0623 e. The predicted molar refractivity (Wildman–Crippen MR) is 84.0 cm³/mol. The van der Waals surface area contributed by atoms with Crippen molar-refractivity contribution in [1.29, 1.82) is 0 Å². The van der Waals surface area contributed by atoms with Crippen molar-refractivity contribution in [2.75, 3.05) is 12.1 Å². The summed E-state index contributed by atoms with van der Waals surface area (Å²) in [7, 11) is 1.64. The highest BCUT2D eigenvalue weighted by atomic mass is 16.3. The number of nitrogens with zero attached hydrogens (tertiary/aromatic N) is 2. The Bertz CT molecular complexity index is 699. The van der Waals surface area contributed by atoms with Gasteiger partial charge in [0, 0.05) is 7.05 Å². The highest BCUT2D eigenvalue weighted by molar-refractivity contribution is 5.97. The van der Waals surface area contributed by atoms with Crippen LogP contribution in [0.25, 0.3) is 17.7 Å². The van der Waals surface area contributed by atoms with Crippen molar-refractivity contribution in [3.8, 4) is 0 Å². The summed E-state index contributed by atoms with van der Waals surface area (Å²) in [5.41, 5.74) is 5.59. The van der Waals surface area contributed by atoms with E-state index in [1.807, 2.05) is 36.4 Å². The van der Waals surface area contributed by atoms with Crippen molar-refractivity contribution < 1.29 is 0 Å². The Hall–Kier alpha value is -2.68. The molecule has 0 unspecified atom stereocenters. The van der Waals surface area contributed by atoms with Gasteiger partial charge in [-0.05, 0) is 40.5 Å². The largest absolute Gasteiger partial charge is 0.232 e. The fourth-order valence-electron chi connectivity index (χ4n) is 2.31. The Labute approximate surface area is 117 Å². The second-order valence-electron chi connectivity index (χ2n) is 4.72. The Balaban J connectivity index is 1.90. The SMILES string of the molecule is CN(N=O)c1ccc(/C=C2/C=Cc3ccccc32)cc1. The number of nitroso groups, excluding NO2 is 1. The second kappa shape index (κ2) is 5.13. The van der Waals surface area contributed by atoms with Crippen LogP contribution in [0.1, 0.15) is 16.7 Å². The summed E-state index contributed by atoms with van der Waals surface area (Å²) >= 11 is 0. The second-order valence-corrected chi connectivity index (χ2v) is 4.72. The molecule has 1 aliphatic carbocycles. The molecule has 2 aromatic rings. The summed E-state index contributed by atoms with van der Waals surface area (Å²) in [4.78, 5) is 10.5. The lowest BCUT2D eigenvalue weighted by atomic mass is 10.0. The average molecular weight is 262 g/mol. The van der Waals surface area contributed by atoms with Crippen LogP contribution in [0.5, 0.6) is 0 Å². The van der Waals surface area contributed by atoms with Crippen molar-refractivity contribution in [3.05, 3.63) is 76.2 Å². The summed E-state index contributed by atoms with van der Waals surface area (Å²) in [6.45, 7) is 0. The zero-order chi connectivity index (χ0) is 13.9. The Kier molecular flexibility index (Phi) is 3.17. The molecule has 2 aromatic carbocycles. The minimum Gasteiger partial charge on any atom is -0.232 e. The van der Waals surface area contributed by atoms with Gasteiger partial charge in [0.1, 0.15) is 0 Å². The zero-order valence-electron chi connectivity index (χ0n) is 11.2. The maximum absolute atomic E-state index is 10.5. The molecule has 0 saturated carbocycles. The molecule has 0 fully saturated rings. The van der Waals surface area contributed by atoms with E-state index in [1.54, 1.807) is 7.05 Å². The van der Waals surface area contributed by atoms with E-state index in [0.717, 1.165) is 11.3 Å². The number of allylic oxidation sites excluding steroid dienone is 2. The number of anilines is 1. The molecule has 0 aromatic heterocycles. The van der Waals surface area contributed by atoms with Gasteiger partial charge in [0.15, 0.2) is 0 Å². The molecule has 0 spiro atoms. The molecule has 0 aliphatic heterocycles. The molecule has 20 heavy (non-hydrogen) atoms.